The van der Waals surface area contributed by atoms with Gasteiger partial charge in [-0.25, -0.2) is 0 Å². The van der Waals surface area contributed by atoms with Crippen molar-refractivity contribution in [2.75, 3.05) is 39.4 Å². The van der Waals surface area contributed by atoms with Crippen molar-refractivity contribution in [3.05, 3.63) is 0 Å². The summed E-state index contributed by atoms with van der Waals surface area (Å²) in [6, 6.07) is 0. The molecule has 4 nitrogen and oxygen atoms in total. The molecule has 18 heavy (non-hydrogen) atoms. The number of aliphatic hydroxyl groups excluding tert-OH is 1. The van der Waals surface area contributed by atoms with Gasteiger partial charge in [0.2, 0.25) is 0 Å². The fraction of sp³-hybridized carbons (Fsp3) is 1.00. The second kappa shape index (κ2) is 8.10. The largest absolute Gasteiger partial charge is 0.394 e. The van der Waals surface area contributed by atoms with Gasteiger partial charge in [0.1, 0.15) is 0 Å². The first-order valence-electron chi connectivity index (χ1n) is 7.29. The SMILES string of the molecule is CCNC(C)(CO)CCCN1CCCOC(C)C1. The number of hydrogen-bond donors (Lipinski definition) is 2. The van der Waals surface area contributed by atoms with E-state index < -0.39 is 0 Å². The lowest BCUT2D eigenvalue weighted by Gasteiger charge is -2.30. The zero-order valence-corrected chi connectivity index (χ0v) is 12.2. The van der Waals surface area contributed by atoms with Gasteiger partial charge < -0.3 is 20.1 Å². The molecule has 0 aromatic rings. The van der Waals surface area contributed by atoms with Crippen LogP contribution in [-0.4, -0.2) is 61.0 Å². The maximum atomic E-state index is 9.44. The van der Waals surface area contributed by atoms with Gasteiger partial charge in [-0.3, -0.25) is 0 Å². The van der Waals surface area contributed by atoms with Crippen LogP contribution in [0.2, 0.25) is 0 Å². The molecule has 0 amide bonds. The van der Waals surface area contributed by atoms with E-state index >= 15 is 0 Å². The molecular formula is C14H30N2O2. The Balaban J connectivity index is 2.26. The highest BCUT2D eigenvalue weighted by Crippen LogP contribution is 2.13. The summed E-state index contributed by atoms with van der Waals surface area (Å²) in [5.41, 5.74) is -0.122. The minimum Gasteiger partial charge on any atom is -0.394 e. The fourth-order valence-corrected chi connectivity index (χ4v) is 2.63. The van der Waals surface area contributed by atoms with Gasteiger partial charge in [-0.1, -0.05) is 6.92 Å². The second-order valence-corrected chi connectivity index (χ2v) is 5.69. The third kappa shape index (κ3) is 5.65. The molecule has 0 bridgehead atoms. The van der Waals surface area contributed by atoms with Gasteiger partial charge >= 0.3 is 0 Å². The van der Waals surface area contributed by atoms with Crippen molar-refractivity contribution in [3.8, 4) is 0 Å². The fourth-order valence-electron chi connectivity index (χ4n) is 2.63. The maximum Gasteiger partial charge on any atom is 0.0673 e. The molecule has 0 aliphatic carbocycles. The molecule has 1 aliphatic rings. The van der Waals surface area contributed by atoms with Crippen LogP contribution in [0.1, 0.15) is 40.0 Å². The highest BCUT2D eigenvalue weighted by Gasteiger charge is 2.22. The van der Waals surface area contributed by atoms with Gasteiger partial charge in [0, 0.05) is 25.2 Å². The Morgan fingerprint density at radius 3 is 2.94 bits per heavy atom. The number of nitrogens with zero attached hydrogens (tertiary/aromatic N) is 1. The van der Waals surface area contributed by atoms with E-state index in [4.69, 9.17) is 4.74 Å². The van der Waals surface area contributed by atoms with E-state index in [9.17, 15) is 5.11 Å². The van der Waals surface area contributed by atoms with Gasteiger partial charge in [-0.05, 0) is 46.2 Å². The van der Waals surface area contributed by atoms with Crippen LogP contribution in [0.15, 0.2) is 0 Å². The lowest BCUT2D eigenvalue weighted by molar-refractivity contribution is 0.0669. The number of aliphatic hydroxyl groups is 1. The van der Waals surface area contributed by atoms with Crippen LogP contribution in [-0.2, 0) is 4.74 Å². The summed E-state index contributed by atoms with van der Waals surface area (Å²) in [5.74, 6) is 0. The number of nitrogens with one attached hydrogen (secondary N) is 1. The molecule has 2 N–H and O–H groups in total. The van der Waals surface area contributed by atoms with Crippen LogP contribution in [0, 0.1) is 0 Å². The first-order chi connectivity index (χ1) is 8.59. The Morgan fingerprint density at radius 1 is 1.50 bits per heavy atom. The summed E-state index contributed by atoms with van der Waals surface area (Å²) in [6.07, 6.45) is 3.62. The molecule has 1 saturated heterocycles. The number of likely N-dealkylation sites (N-methyl/N-ethyl adjacent to an activating group) is 1. The van der Waals surface area contributed by atoms with Crippen molar-refractivity contribution in [3.63, 3.8) is 0 Å². The van der Waals surface area contributed by atoms with E-state index in [0.29, 0.717) is 6.10 Å². The summed E-state index contributed by atoms with van der Waals surface area (Å²) in [5, 5.41) is 12.8. The Kier molecular flexibility index (Phi) is 7.15. The molecule has 1 fully saturated rings. The van der Waals surface area contributed by atoms with Crippen molar-refractivity contribution < 1.29 is 9.84 Å². The van der Waals surface area contributed by atoms with Crippen molar-refractivity contribution in [1.29, 1.82) is 0 Å². The highest BCUT2D eigenvalue weighted by molar-refractivity contribution is 4.82. The van der Waals surface area contributed by atoms with E-state index in [0.717, 1.165) is 52.0 Å². The average Bonchev–Trinajstić information content (AvgIpc) is 2.54. The molecule has 108 valence electrons. The summed E-state index contributed by atoms with van der Waals surface area (Å²) in [6.45, 7) is 11.6. The Hall–Kier alpha value is -0.160. The van der Waals surface area contributed by atoms with Crippen LogP contribution in [0.3, 0.4) is 0 Å². The van der Waals surface area contributed by atoms with Crippen LogP contribution in [0.25, 0.3) is 0 Å². The summed E-state index contributed by atoms with van der Waals surface area (Å²) >= 11 is 0. The summed E-state index contributed by atoms with van der Waals surface area (Å²) in [4.78, 5) is 2.49. The molecule has 1 aliphatic heterocycles. The zero-order chi connectivity index (χ0) is 13.4. The summed E-state index contributed by atoms with van der Waals surface area (Å²) < 4.78 is 5.65. The highest BCUT2D eigenvalue weighted by atomic mass is 16.5. The van der Waals surface area contributed by atoms with Crippen LogP contribution in [0.5, 0.6) is 0 Å². The van der Waals surface area contributed by atoms with E-state index in [1.165, 1.54) is 0 Å². The first kappa shape index (κ1) is 15.9. The summed E-state index contributed by atoms with van der Waals surface area (Å²) in [7, 11) is 0. The zero-order valence-electron chi connectivity index (χ0n) is 12.2. The predicted octanol–water partition coefficient (Wildman–Crippen LogP) is 1.24. The first-order valence-corrected chi connectivity index (χ1v) is 7.29. The topological polar surface area (TPSA) is 44.7 Å². The predicted molar refractivity (Wildman–Crippen MR) is 74.9 cm³/mol. The van der Waals surface area contributed by atoms with Gasteiger partial charge in [0.15, 0.2) is 0 Å². The van der Waals surface area contributed by atoms with E-state index in [-0.39, 0.29) is 12.1 Å². The van der Waals surface area contributed by atoms with Gasteiger partial charge in [-0.15, -0.1) is 0 Å². The standard InChI is InChI=1S/C14H30N2O2/c1-4-15-14(3,12-17)7-5-8-16-9-6-10-18-13(2)11-16/h13,15,17H,4-12H2,1-3H3. The number of rotatable bonds is 7. The molecule has 0 aromatic heterocycles. The van der Waals surface area contributed by atoms with Crippen molar-refractivity contribution >= 4 is 0 Å². The molecule has 0 aromatic carbocycles. The van der Waals surface area contributed by atoms with Crippen LogP contribution >= 0.6 is 0 Å². The molecular weight excluding hydrogens is 228 g/mol. The second-order valence-electron chi connectivity index (χ2n) is 5.69. The van der Waals surface area contributed by atoms with Gasteiger partial charge in [-0.2, -0.15) is 0 Å². The minimum absolute atomic E-state index is 0.122. The molecule has 2 unspecified atom stereocenters. The van der Waals surface area contributed by atoms with Crippen LogP contribution < -0.4 is 5.32 Å². The Labute approximate surface area is 112 Å². The Bertz CT molecular complexity index is 226. The quantitative estimate of drug-likeness (QED) is 0.721. The van der Waals surface area contributed by atoms with Gasteiger partial charge in [0.05, 0.1) is 12.7 Å². The van der Waals surface area contributed by atoms with E-state index in [1.54, 1.807) is 0 Å². The van der Waals surface area contributed by atoms with Crippen molar-refractivity contribution in [2.24, 2.45) is 0 Å². The monoisotopic (exact) mass is 258 g/mol. The molecule has 1 heterocycles. The lowest BCUT2D eigenvalue weighted by Crippen LogP contribution is -2.46. The Morgan fingerprint density at radius 2 is 2.28 bits per heavy atom. The van der Waals surface area contributed by atoms with E-state index in [1.807, 2.05) is 0 Å². The third-order valence-electron chi connectivity index (χ3n) is 3.69. The third-order valence-corrected chi connectivity index (χ3v) is 3.69. The maximum absolute atomic E-state index is 9.44. The van der Waals surface area contributed by atoms with E-state index in [2.05, 4.69) is 31.0 Å². The molecule has 0 radical (unpaired) electrons. The smallest absolute Gasteiger partial charge is 0.0673 e. The van der Waals surface area contributed by atoms with Crippen molar-refractivity contribution in [2.45, 2.75) is 51.7 Å². The minimum atomic E-state index is -0.122. The number of hydrogen-bond acceptors (Lipinski definition) is 4. The van der Waals surface area contributed by atoms with Crippen LogP contribution in [0.4, 0.5) is 0 Å². The molecule has 4 heteroatoms. The van der Waals surface area contributed by atoms with Crippen molar-refractivity contribution in [1.82, 2.24) is 10.2 Å². The average molecular weight is 258 g/mol. The normalized spacial score (nSPS) is 25.7. The lowest BCUT2D eigenvalue weighted by atomic mass is 9.96. The molecule has 0 spiro atoms. The van der Waals surface area contributed by atoms with Gasteiger partial charge in [0.25, 0.3) is 0 Å². The molecule has 0 saturated carbocycles. The molecule has 1 rings (SSSR count). The number of ether oxygens (including phenoxy) is 1. The molecule has 2 atom stereocenters.